The zero-order chi connectivity index (χ0) is 18.0. The van der Waals surface area contributed by atoms with Crippen LogP contribution in [0.2, 0.25) is 0 Å². The molecule has 9 heteroatoms. The quantitative estimate of drug-likeness (QED) is 0.321. The van der Waals surface area contributed by atoms with Gasteiger partial charge in [-0.25, -0.2) is 0 Å². The van der Waals surface area contributed by atoms with Crippen LogP contribution in [0.1, 0.15) is 0 Å². The number of hydrogen-bond donors (Lipinski definition) is 1. The first-order valence-electron chi connectivity index (χ1n) is 7.02. The minimum absolute atomic E-state index is 0.193. The van der Waals surface area contributed by atoms with Gasteiger partial charge < -0.3 is 0 Å². The van der Waals surface area contributed by atoms with Gasteiger partial charge in [0.05, 0.1) is 10.6 Å². The molecule has 3 aromatic rings. The van der Waals surface area contributed by atoms with Crippen molar-refractivity contribution in [1.82, 2.24) is 0 Å². The van der Waals surface area contributed by atoms with Crippen molar-refractivity contribution in [3.05, 3.63) is 70.8 Å². The molecule has 0 amide bonds. The topological polar surface area (TPSA) is 122 Å². The number of nitro benzene ring substituents is 1. The first-order valence-corrected chi connectivity index (χ1v) is 8.46. The van der Waals surface area contributed by atoms with Crippen molar-refractivity contribution in [1.29, 1.82) is 0 Å². The van der Waals surface area contributed by atoms with E-state index in [1.54, 1.807) is 12.1 Å². The molecule has 0 saturated heterocycles. The molecule has 3 aromatic carbocycles. The molecule has 126 valence electrons. The van der Waals surface area contributed by atoms with Gasteiger partial charge in [0.1, 0.15) is 10.6 Å². The van der Waals surface area contributed by atoms with Crippen LogP contribution in [-0.4, -0.2) is 17.9 Å². The normalized spacial score (nSPS) is 11.9. The minimum atomic E-state index is -4.69. The van der Waals surface area contributed by atoms with Crippen molar-refractivity contribution in [3.8, 4) is 0 Å². The van der Waals surface area contributed by atoms with Crippen molar-refractivity contribution >= 4 is 38.0 Å². The Morgan fingerprint density at radius 3 is 2.32 bits per heavy atom. The number of nitro groups is 1. The maximum absolute atomic E-state index is 11.5. The highest BCUT2D eigenvalue weighted by Crippen LogP contribution is 2.32. The third-order valence-corrected chi connectivity index (χ3v) is 4.35. The molecule has 3 rings (SSSR count). The zero-order valence-corrected chi connectivity index (χ0v) is 13.4. The summed E-state index contributed by atoms with van der Waals surface area (Å²) in [5.74, 6) is 0. The van der Waals surface area contributed by atoms with Gasteiger partial charge in [-0.1, -0.05) is 36.4 Å². The molecular weight excluding hydrogens is 346 g/mol. The van der Waals surface area contributed by atoms with E-state index in [0.717, 1.165) is 29.0 Å². The van der Waals surface area contributed by atoms with Crippen LogP contribution in [-0.2, 0) is 10.1 Å². The van der Waals surface area contributed by atoms with Gasteiger partial charge >= 0.3 is 0 Å². The van der Waals surface area contributed by atoms with E-state index in [9.17, 15) is 23.1 Å². The van der Waals surface area contributed by atoms with Crippen molar-refractivity contribution in [3.63, 3.8) is 0 Å². The molecule has 0 bridgehead atoms. The van der Waals surface area contributed by atoms with E-state index in [-0.39, 0.29) is 5.69 Å². The van der Waals surface area contributed by atoms with Crippen LogP contribution < -0.4 is 0 Å². The molecule has 0 aromatic heterocycles. The van der Waals surface area contributed by atoms with Crippen molar-refractivity contribution in [2.24, 2.45) is 10.2 Å². The molecule has 1 N–H and O–H groups in total. The maximum atomic E-state index is 11.5. The largest absolute Gasteiger partial charge is 0.297 e. The van der Waals surface area contributed by atoms with Gasteiger partial charge in [0.25, 0.3) is 15.8 Å². The second kappa shape index (κ2) is 6.38. The van der Waals surface area contributed by atoms with E-state index < -0.39 is 25.6 Å². The summed E-state index contributed by atoms with van der Waals surface area (Å²) in [5, 5.41) is 20.4. The molecule has 25 heavy (non-hydrogen) atoms. The standard InChI is InChI=1S/C16H11N3O5S/c20-19(21)12-8-9-15(16(10-12)25(22,23)24)18-17-14-7-3-5-11-4-1-2-6-13(11)14/h1-10H,(H,22,23,24). The van der Waals surface area contributed by atoms with E-state index in [1.165, 1.54) is 0 Å². The molecule has 0 spiro atoms. The lowest BCUT2D eigenvalue weighted by atomic mass is 10.1. The smallest absolute Gasteiger partial charge is 0.282 e. The summed E-state index contributed by atoms with van der Waals surface area (Å²) >= 11 is 0. The van der Waals surface area contributed by atoms with Gasteiger partial charge in [-0.2, -0.15) is 8.42 Å². The van der Waals surface area contributed by atoms with E-state index in [2.05, 4.69) is 10.2 Å². The Hall–Kier alpha value is -3.17. The third-order valence-electron chi connectivity index (χ3n) is 3.46. The molecule has 0 heterocycles. The Kier molecular flexibility index (Phi) is 4.26. The monoisotopic (exact) mass is 357 g/mol. The highest BCUT2D eigenvalue weighted by atomic mass is 32.2. The van der Waals surface area contributed by atoms with Crippen molar-refractivity contribution in [2.75, 3.05) is 0 Å². The Morgan fingerprint density at radius 1 is 0.920 bits per heavy atom. The molecule has 0 atom stereocenters. The fourth-order valence-electron chi connectivity index (χ4n) is 2.31. The number of benzene rings is 3. The van der Waals surface area contributed by atoms with Gasteiger partial charge in [-0.15, -0.1) is 10.2 Å². The number of hydrogen-bond acceptors (Lipinski definition) is 6. The maximum Gasteiger partial charge on any atom is 0.297 e. The molecule has 0 radical (unpaired) electrons. The number of non-ortho nitro benzene ring substituents is 1. The fraction of sp³-hybridized carbons (Fsp3) is 0. The second-order valence-corrected chi connectivity index (χ2v) is 6.47. The summed E-state index contributed by atoms with van der Waals surface area (Å²) in [4.78, 5) is 9.35. The molecular formula is C16H11N3O5S. The van der Waals surface area contributed by atoms with E-state index in [4.69, 9.17) is 0 Å². The summed E-state index contributed by atoms with van der Waals surface area (Å²) in [6.07, 6.45) is 0. The number of rotatable bonds is 4. The summed E-state index contributed by atoms with van der Waals surface area (Å²) < 4.78 is 32.3. The number of azo groups is 1. The van der Waals surface area contributed by atoms with E-state index in [0.29, 0.717) is 5.69 Å². The minimum Gasteiger partial charge on any atom is -0.282 e. The van der Waals surface area contributed by atoms with E-state index >= 15 is 0 Å². The first-order chi connectivity index (χ1) is 11.9. The number of fused-ring (bicyclic) bond motifs is 1. The van der Waals surface area contributed by atoms with Gasteiger partial charge in [0, 0.05) is 17.5 Å². The molecule has 8 nitrogen and oxygen atoms in total. The lowest BCUT2D eigenvalue weighted by molar-refractivity contribution is -0.385. The molecule has 0 saturated carbocycles. The van der Waals surface area contributed by atoms with Crippen LogP contribution >= 0.6 is 0 Å². The Labute approximate surface area is 142 Å². The molecule has 0 aliphatic rings. The molecule has 0 aliphatic heterocycles. The SMILES string of the molecule is O=[N+]([O-])c1ccc(N=Nc2cccc3ccccc23)c(S(=O)(=O)O)c1. The van der Waals surface area contributed by atoms with Crippen LogP contribution in [0.3, 0.4) is 0 Å². The van der Waals surface area contributed by atoms with Crippen LogP contribution in [0.15, 0.2) is 75.8 Å². The van der Waals surface area contributed by atoms with Gasteiger partial charge in [0.2, 0.25) is 0 Å². The first kappa shape index (κ1) is 16.7. The fourth-order valence-corrected chi connectivity index (χ4v) is 2.95. The number of nitrogens with zero attached hydrogens (tertiary/aromatic N) is 3. The second-order valence-electron chi connectivity index (χ2n) is 5.08. The molecule has 0 unspecified atom stereocenters. The van der Waals surface area contributed by atoms with Gasteiger partial charge in [-0.05, 0) is 17.5 Å². The summed E-state index contributed by atoms with van der Waals surface area (Å²) in [6, 6.07) is 15.7. The average Bonchev–Trinajstić information content (AvgIpc) is 2.59. The predicted molar refractivity (Wildman–Crippen MR) is 91.0 cm³/mol. The highest BCUT2D eigenvalue weighted by molar-refractivity contribution is 7.86. The summed E-state index contributed by atoms with van der Waals surface area (Å²) in [6.45, 7) is 0. The Morgan fingerprint density at radius 2 is 1.60 bits per heavy atom. The lowest BCUT2D eigenvalue weighted by Gasteiger charge is -2.03. The van der Waals surface area contributed by atoms with Crippen molar-refractivity contribution in [2.45, 2.75) is 4.90 Å². The van der Waals surface area contributed by atoms with Crippen LogP contribution in [0.5, 0.6) is 0 Å². The Bertz CT molecular complexity index is 1100. The molecule has 0 aliphatic carbocycles. The summed E-state index contributed by atoms with van der Waals surface area (Å²) in [5.41, 5.74) is -0.171. The third kappa shape index (κ3) is 3.52. The molecule has 0 fully saturated rings. The van der Waals surface area contributed by atoms with E-state index in [1.807, 2.05) is 30.3 Å². The zero-order valence-electron chi connectivity index (χ0n) is 12.6. The van der Waals surface area contributed by atoms with Crippen LogP contribution in [0.25, 0.3) is 10.8 Å². The van der Waals surface area contributed by atoms with Crippen LogP contribution in [0.4, 0.5) is 17.1 Å². The van der Waals surface area contributed by atoms with Crippen LogP contribution in [0, 0.1) is 10.1 Å². The van der Waals surface area contributed by atoms with Gasteiger partial charge in [0.15, 0.2) is 0 Å². The average molecular weight is 357 g/mol. The Balaban J connectivity index is 2.11. The van der Waals surface area contributed by atoms with Gasteiger partial charge in [-0.3, -0.25) is 14.7 Å². The lowest BCUT2D eigenvalue weighted by Crippen LogP contribution is -2.00. The highest BCUT2D eigenvalue weighted by Gasteiger charge is 2.20. The van der Waals surface area contributed by atoms with Crippen molar-refractivity contribution < 1.29 is 17.9 Å². The summed E-state index contributed by atoms with van der Waals surface area (Å²) in [7, 11) is -4.69. The predicted octanol–water partition coefficient (Wildman–Crippen LogP) is 4.41.